The van der Waals surface area contributed by atoms with E-state index >= 15 is 0 Å². The Labute approximate surface area is 283 Å². The summed E-state index contributed by atoms with van der Waals surface area (Å²) < 4.78 is 95.0. The second-order valence-electron chi connectivity index (χ2n) is 10.4. The summed E-state index contributed by atoms with van der Waals surface area (Å²) in [6, 6.07) is 23.4. The molecule has 0 spiro atoms. The first-order valence-electron chi connectivity index (χ1n) is 13.9. The van der Waals surface area contributed by atoms with Crippen LogP contribution in [0.2, 0.25) is 0 Å². The normalized spacial score (nSPS) is 15.2. The van der Waals surface area contributed by atoms with Gasteiger partial charge in [0, 0.05) is 6.07 Å². The fourth-order valence-corrected chi connectivity index (χ4v) is 7.96. The summed E-state index contributed by atoms with van der Waals surface area (Å²) in [6.07, 6.45) is 1.44. The van der Waals surface area contributed by atoms with Gasteiger partial charge in [0.1, 0.15) is 27.3 Å². The van der Waals surface area contributed by atoms with Gasteiger partial charge in [0.25, 0.3) is 0 Å². The van der Waals surface area contributed by atoms with E-state index in [1.54, 1.807) is 43.5 Å². The number of nitrogens with zero attached hydrogens (tertiary/aromatic N) is 2. The summed E-state index contributed by atoms with van der Waals surface area (Å²) in [4.78, 5) is -1.03. The van der Waals surface area contributed by atoms with Gasteiger partial charge in [0.15, 0.2) is 10.6 Å². The second kappa shape index (κ2) is 13.7. The molecule has 0 aliphatic carbocycles. The van der Waals surface area contributed by atoms with E-state index in [0.29, 0.717) is 10.5 Å². The molecule has 0 bridgehead atoms. The molecule has 11 nitrogen and oxygen atoms in total. The smallest absolute Gasteiger partial charge is 0.362 e. The number of hydrogen-bond donors (Lipinski definition) is 0. The van der Waals surface area contributed by atoms with Crippen LogP contribution in [0, 0.1) is 32.1 Å². The first kappa shape index (κ1) is 34.5. The Morgan fingerprint density at radius 2 is 1.31 bits per heavy atom. The first-order valence-corrected chi connectivity index (χ1v) is 19.0. The van der Waals surface area contributed by atoms with Crippen LogP contribution in [-0.2, 0) is 34.6 Å². The van der Waals surface area contributed by atoms with Gasteiger partial charge in [-0.05, 0) is 79.8 Å². The average molecular weight is 723 g/mol. The van der Waals surface area contributed by atoms with Gasteiger partial charge in [-0.1, -0.05) is 76.6 Å². The summed E-state index contributed by atoms with van der Waals surface area (Å²) >= 11 is 1.13. The lowest BCUT2D eigenvalue weighted by atomic mass is 10.0. The number of allylic oxidation sites excluding steroid dienone is 3. The van der Waals surface area contributed by atoms with Crippen LogP contribution in [0.25, 0.3) is 5.57 Å². The predicted octanol–water partition coefficient (Wildman–Crippen LogP) is 6.40. The van der Waals surface area contributed by atoms with Crippen molar-refractivity contribution in [3.05, 3.63) is 130 Å². The molecule has 246 valence electrons. The van der Waals surface area contributed by atoms with Gasteiger partial charge in [0.2, 0.25) is 0 Å². The van der Waals surface area contributed by atoms with E-state index in [9.17, 15) is 30.5 Å². The highest BCUT2D eigenvalue weighted by molar-refractivity contribution is 8.07. The topological polar surface area (TPSA) is 166 Å². The third-order valence-electron chi connectivity index (χ3n) is 6.84. The minimum Gasteiger partial charge on any atom is -0.379 e. The van der Waals surface area contributed by atoms with Crippen molar-refractivity contribution in [1.29, 1.82) is 5.26 Å². The number of oxime groups is 1. The van der Waals surface area contributed by atoms with E-state index in [-0.39, 0.29) is 21.1 Å². The maximum Gasteiger partial charge on any atom is 0.362 e. The quantitative estimate of drug-likeness (QED) is 0.101. The maximum atomic E-state index is 13.7. The molecule has 15 heteroatoms. The molecule has 4 aromatic carbocycles. The minimum absolute atomic E-state index is 0.00692. The van der Waals surface area contributed by atoms with Gasteiger partial charge in [-0.25, -0.2) is 0 Å². The van der Waals surface area contributed by atoms with E-state index in [4.69, 9.17) is 12.6 Å². The Bertz CT molecular complexity index is 2360. The van der Waals surface area contributed by atoms with Gasteiger partial charge in [0.05, 0.1) is 10.5 Å². The van der Waals surface area contributed by atoms with Crippen molar-refractivity contribution in [2.75, 3.05) is 0 Å². The van der Waals surface area contributed by atoms with E-state index in [1.807, 2.05) is 19.1 Å². The molecule has 1 aliphatic heterocycles. The average Bonchev–Trinajstić information content (AvgIpc) is 3.50. The fraction of sp³-hybridized carbons (Fsp3) is 0.0909. The lowest BCUT2D eigenvalue weighted by Gasteiger charge is -2.14. The summed E-state index contributed by atoms with van der Waals surface area (Å²) in [6.45, 7) is 5.34. The molecule has 1 heterocycles. The summed E-state index contributed by atoms with van der Waals surface area (Å²) in [5.74, 6) is -1.19. The van der Waals surface area contributed by atoms with Gasteiger partial charge < -0.3 is 8.37 Å². The summed E-state index contributed by atoms with van der Waals surface area (Å²) in [5.41, 5.74) is 3.22. The van der Waals surface area contributed by atoms with Gasteiger partial charge in [-0.15, -0.1) is 0 Å². The molecule has 5 rings (SSSR count). The molecular weight excluding hydrogens is 697 g/mol. The van der Waals surface area contributed by atoms with Crippen LogP contribution in [0.4, 0.5) is 0 Å². The zero-order valence-corrected chi connectivity index (χ0v) is 28.8. The van der Waals surface area contributed by atoms with Crippen LogP contribution in [-0.4, -0.2) is 31.0 Å². The molecule has 0 fully saturated rings. The van der Waals surface area contributed by atoms with Crippen molar-refractivity contribution in [2.24, 2.45) is 5.16 Å². The van der Waals surface area contributed by atoms with Gasteiger partial charge >= 0.3 is 30.4 Å². The molecule has 0 atom stereocenters. The van der Waals surface area contributed by atoms with Crippen LogP contribution in [0.5, 0.6) is 11.5 Å². The van der Waals surface area contributed by atoms with E-state index < -0.39 is 46.7 Å². The van der Waals surface area contributed by atoms with Crippen LogP contribution < -0.4 is 8.37 Å². The number of rotatable bonds is 10. The van der Waals surface area contributed by atoms with E-state index in [1.165, 1.54) is 42.5 Å². The van der Waals surface area contributed by atoms with Crippen molar-refractivity contribution >= 4 is 53.4 Å². The molecule has 0 radical (unpaired) electrons. The van der Waals surface area contributed by atoms with Crippen LogP contribution in [0.3, 0.4) is 0 Å². The van der Waals surface area contributed by atoms with Gasteiger partial charge in [-0.3, -0.25) is 4.28 Å². The summed E-state index contributed by atoms with van der Waals surface area (Å²) in [5, 5.41) is 15.3. The molecule has 48 heavy (non-hydrogen) atoms. The SMILES string of the molecule is Cc1ccc(S(=O)(=O)Oc2ccc(OS(=O)(=O)c3ccc(C)cc3)c(S(=O)(=O)O/N=C3/C=CS/C3=C(/C#N)c3ccccc3C)c2)cc1. The number of benzene rings is 4. The molecule has 0 amide bonds. The molecule has 0 aromatic heterocycles. The fourth-order valence-electron chi connectivity index (χ4n) is 4.33. The van der Waals surface area contributed by atoms with Crippen molar-refractivity contribution in [3.63, 3.8) is 0 Å². The Balaban J connectivity index is 1.56. The van der Waals surface area contributed by atoms with Crippen molar-refractivity contribution < 1.29 is 37.9 Å². The zero-order chi connectivity index (χ0) is 34.7. The lowest BCUT2D eigenvalue weighted by Crippen LogP contribution is -2.14. The highest BCUT2D eigenvalue weighted by Crippen LogP contribution is 2.37. The molecule has 4 aromatic rings. The lowest BCUT2D eigenvalue weighted by molar-refractivity contribution is 0.337. The molecular formula is C33H26N2O9S4. The second-order valence-corrected chi connectivity index (χ2v) is 15.9. The Kier molecular flexibility index (Phi) is 9.83. The van der Waals surface area contributed by atoms with Crippen molar-refractivity contribution in [2.45, 2.75) is 35.5 Å². The summed E-state index contributed by atoms with van der Waals surface area (Å²) in [7, 11) is -14.0. The maximum absolute atomic E-state index is 13.7. The van der Waals surface area contributed by atoms with E-state index in [2.05, 4.69) is 11.2 Å². The highest BCUT2D eigenvalue weighted by atomic mass is 32.2. The van der Waals surface area contributed by atoms with E-state index in [0.717, 1.165) is 46.7 Å². The van der Waals surface area contributed by atoms with Crippen molar-refractivity contribution in [3.8, 4) is 17.6 Å². The van der Waals surface area contributed by atoms with Crippen LogP contribution in [0.1, 0.15) is 22.3 Å². The number of hydrogen-bond acceptors (Lipinski definition) is 12. The third-order valence-corrected chi connectivity index (χ3v) is 11.4. The molecule has 0 saturated heterocycles. The Hall–Kier alpha value is -4.88. The monoisotopic (exact) mass is 722 g/mol. The predicted molar refractivity (Wildman–Crippen MR) is 181 cm³/mol. The number of thioether (sulfide) groups is 1. The van der Waals surface area contributed by atoms with Crippen molar-refractivity contribution in [1.82, 2.24) is 0 Å². The minimum atomic E-state index is -5.02. The number of aryl methyl sites for hydroxylation is 3. The first-order chi connectivity index (χ1) is 22.7. The Morgan fingerprint density at radius 1 is 0.729 bits per heavy atom. The Morgan fingerprint density at radius 3 is 1.90 bits per heavy atom. The zero-order valence-electron chi connectivity index (χ0n) is 25.5. The highest BCUT2D eigenvalue weighted by Gasteiger charge is 2.29. The molecule has 0 saturated carbocycles. The number of nitriles is 1. The molecule has 0 unspecified atom stereocenters. The standard InChI is InChI=1S/C33H26N2O9S4/c1-22-8-13-26(14-9-22)46(36,37)42-25-12-17-31(43-47(38,39)27-15-10-23(2)11-16-27)32(20-25)48(40,41)44-35-30-18-19-45-33(30)29(21-34)28-7-5-4-6-24(28)3/h4-20H,1-3H3/b33-29-,35-30-. The third kappa shape index (κ3) is 7.63. The largest absolute Gasteiger partial charge is 0.379 e. The van der Waals surface area contributed by atoms with Crippen LogP contribution >= 0.6 is 11.8 Å². The van der Waals surface area contributed by atoms with Gasteiger partial charge in [-0.2, -0.15) is 30.5 Å². The van der Waals surface area contributed by atoms with Crippen LogP contribution in [0.15, 0.2) is 127 Å². The molecule has 0 N–H and O–H groups in total. The molecule has 1 aliphatic rings.